The van der Waals surface area contributed by atoms with E-state index < -0.39 is 0 Å². The standard InChI is InChI=1S/C24H23N3O2/c28-24-26-18(9-8-17-5-2-1-3-6-17)12-14-27(24)19-10-11-20-21-16-25-13-4-7-22(21)29-23(20)15-19/h1-3,5-6,10-12,14-15,25H,4,7-9,13,16H2. The Morgan fingerprint density at radius 1 is 1.07 bits per heavy atom. The van der Waals surface area contributed by atoms with Gasteiger partial charge in [-0.25, -0.2) is 4.79 Å². The molecule has 5 nitrogen and oxygen atoms in total. The van der Waals surface area contributed by atoms with E-state index in [9.17, 15) is 4.79 Å². The lowest BCUT2D eigenvalue weighted by atomic mass is 10.1. The van der Waals surface area contributed by atoms with Crippen molar-refractivity contribution in [2.45, 2.75) is 32.2 Å². The molecule has 1 aliphatic rings. The molecule has 0 atom stereocenters. The molecule has 29 heavy (non-hydrogen) atoms. The molecule has 5 rings (SSSR count). The molecular weight excluding hydrogens is 362 g/mol. The lowest BCUT2D eigenvalue weighted by molar-refractivity contribution is 0.541. The van der Waals surface area contributed by atoms with Crippen molar-refractivity contribution in [2.24, 2.45) is 0 Å². The van der Waals surface area contributed by atoms with E-state index in [1.165, 1.54) is 11.1 Å². The van der Waals surface area contributed by atoms with E-state index in [1.54, 1.807) is 4.57 Å². The second-order valence-corrected chi connectivity index (χ2v) is 7.52. The van der Waals surface area contributed by atoms with Crippen LogP contribution in [0.15, 0.2) is 70.0 Å². The summed E-state index contributed by atoms with van der Waals surface area (Å²) in [7, 11) is 0. The second-order valence-electron chi connectivity index (χ2n) is 7.52. The summed E-state index contributed by atoms with van der Waals surface area (Å²) >= 11 is 0. The molecule has 0 aliphatic carbocycles. The van der Waals surface area contributed by atoms with Gasteiger partial charge in [-0.3, -0.25) is 4.57 Å². The monoisotopic (exact) mass is 385 g/mol. The van der Waals surface area contributed by atoms with Gasteiger partial charge in [0, 0.05) is 41.9 Å². The highest BCUT2D eigenvalue weighted by atomic mass is 16.3. The Morgan fingerprint density at radius 3 is 2.83 bits per heavy atom. The Kier molecular flexibility index (Phi) is 4.74. The van der Waals surface area contributed by atoms with Gasteiger partial charge in [0.25, 0.3) is 0 Å². The van der Waals surface area contributed by atoms with Crippen LogP contribution in [0.5, 0.6) is 0 Å². The normalized spacial score (nSPS) is 13.9. The number of nitrogens with one attached hydrogen (secondary N) is 1. The second kappa shape index (κ2) is 7.68. The van der Waals surface area contributed by atoms with Crippen LogP contribution in [0, 0.1) is 0 Å². The number of hydrogen-bond donors (Lipinski definition) is 1. The summed E-state index contributed by atoms with van der Waals surface area (Å²) in [6, 6.07) is 18.1. The van der Waals surface area contributed by atoms with Crippen LogP contribution in [0.4, 0.5) is 0 Å². The number of nitrogens with zero attached hydrogens (tertiary/aromatic N) is 2. The molecule has 1 aliphatic heterocycles. The van der Waals surface area contributed by atoms with Gasteiger partial charge in [-0.1, -0.05) is 30.3 Å². The largest absolute Gasteiger partial charge is 0.461 e. The summed E-state index contributed by atoms with van der Waals surface area (Å²) in [5, 5.41) is 4.57. The van der Waals surface area contributed by atoms with E-state index in [0.29, 0.717) is 0 Å². The highest BCUT2D eigenvalue weighted by molar-refractivity contribution is 5.84. The minimum absolute atomic E-state index is 0.260. The molecule has 2 aromatic carbocycles. The van der Waals surface area contributed by atoms with Crippen molar-refractivity contribution in [3.63, 3.8) is 0 Å². The third-order valence-electron chi connectivity index (χ3n) is 5.57. The lowest BCUT2D eigenvalue weighted by Gasteiger charge is -2.07. The van der Waals surface area contributed by atoms with Gasteiger partial charge in [0.05, 0.1) is 5.69 Å². The fraction of sp³-hybridized carbons (Fsp3) is 0.250. The topological polar surface area (TPSA) is 60.1 Å². The molecule has 0 fully saturated rings. The van der Waals surface area contributed by atoms with Gasteiger partial charge < -0.3 is 9.73 Å². The summed E-state index contributed by atoms with van der Waals surface area (Å²) in [6.45, 7) is 1.85. The SMILES string of the molecule is O=c1nc(CCc2ccccc2)ccn1-c1ccc2c3c(oc2c1)CCCNC3. The number of rotatable bonds is 4. The summed E-state index contributed by atoms with van der Waals surface area (Å²) < 4.78 is 7.69. The van der Waals surface area contributed by atoms with Gasteiger partial charge in [0.2, 0.25) is 0 Å². The van der Waals surface area contributed by atoms with Crippen molar-refractivity contribution in [3.05, 3.63) is 93.9 Å². The van der Waals surface area contributed by atoms with Crippen molar-refractivity contribution >= 4 is 11.0 Å². The van der Waals surface area contributed by atoms with Crippen LogP contribution in [0.25, 0.3) is 16.7 Å². The van der Waals surface area contributed by atoms with E-state index in [0.717, 1.165) is 66.9 Å². The molecule has 0 saturated carbocycles. The number of aryl methyl sites for hydroxylation is 3. The summed E-state index contributed by atoms with van der Waals surface area (Å²) in [5.41, 5.74) is 4.65. The predicted octanol–water partition coefficient (Wildman–Crippen LogP) is 3.80. The Hall–Kier alpha value is -3.18. The molecule has 0 bridgehead atoms. The van der Waals surface area contributed by atoms with Crippen molar-refractivity contribution in [1.82, 2.24) is 14.9 Å². The summed E-state index contributed by atoms with van der Waals surface area (Å²) in [5.74, 6) is 1.06. The summed E-state index contributed by atoms with van der Waals surface area (Å²) in [6.07, 6.45) is 5.45. The molecule has 0 unspecified atom stereocenters. The van der Waals surface area contributed by atoms with Crippen molar-refractivity contribution < 1.29 is 4.42 Å². The van der Waals surface area contributed by atoms with Crippen LogP contribution in [0.1, 0.15) is 29.0 Å². The molecule has 4 aromatic rings. The van der Waals surface area contributed by atoms with E-state index in [1.807, 2.05) is 42.6 Å². The number of fused-ring (bicyclic) bond motifs is 3. The first-order chi connectivity index (χ1) is 14.3. The van der Waals surface area contributed by atoms with Gasteiger partial charge in [-0.05, 0) is 49.6 Å². The Labute approximate surface area is 169 Å². The zero-order valence-electron chi connectivity index (χ0n) is 16.2. The maximum Gasteiger partial charge on any atom is 0.352 e. The first-order valence-electron chi connectivity index (χ1n) is 10.2. The van der Waals surface area contributed by atoms with Crippen molar-refractivity contribution in [1.29, 1.82) is 0 Å². The minimum atomic E-state index is -0.260. The molecule has 0 radical (unpaired) electrons. The van der Waals surface area contributed by atoms with Gasteiger partial charge in [0.1, 0.15) is 11.3 Å². The smallest absolute Gasteiger partial charge is 0.352 e. The highest BCUT2D eigenvalue weighted by Crippen LogP contribution is 2.29. The molecule has 0 spiro atoms. The zero-order valence-corrected chi connectivity index (χ0v) is 16.2. The van der Waals surface area contributed by atoms with Crippen LogP contribution >= 0.6 is 0 Å². The maximum atomic E-state index is 12.6. The average molecular weight is 385 g/mol. The first kappa shape index (κ1) is 17.9. The molecular formula is C24H23N3O2. The van der Waals surface area contributed by atoms with Crippen LogP contribution in [-0.4, -0.2) is 16.1 Å². The molecule has 0 saturated heterocycles. The predicted molar refractivity (Wildman–Crippen MR) is 113 cm³/mol. The highest BCUT2D eigenvalue weighted by Gasteiger charge is 2.17. The number of hydrogen-bond acceptors (Lipinski definition) is 4. The van der Waals surface area contributed by atoms with Crippen molar-refractivity contribution in [3.8, 4) is 5.69 Å². The molecule has 3 heterocycles. The van der Waals surface area contributed by atoms with Crippen LogP contribution in [-0.2, 0) is 25.8 Å². The fourth-order valence-corrected chi connectivity index (χ4v) is 4.01. The van der Waals surface area contributed by atoms with Crippen LogP contribution in [0.3, 0.4) is 0 Å². The molecule has 1 N–H and O–H groups in total. The molecule has 2 aromatic heterocycles. The Bertz CT molecular complexity index is 1210. The van der Waals surface area contributed by atoms with Gasteiger partial charge in [-0.15, -0.1) is 0 Å². The number of aromatic nitrogens is 2. The maximum absolute atomic E-state index is 12.6. The zero-order chi connectivity index (χ0) is 19.6. The molecule has 5 heteroatoms. The summed E-state index contributed by atoms with van der Waals surface area (Å²) in [4.78, 5) is 16.9. The van der Waals surface area contributed by atoms with Gasteiger partial charge in [-0.2, -0.15) is 4.98 Å². The average Bonchev–Trinajstić information content (AvgIpc) is 2.92. The molecule has 0 amide bonds. The van der Waals surface area contributed by atoms with Crippen LogP contribution in [0.2, 0.25) is 0 Å². The third kappa shape index (κ3) is 3.61. The van der Waals surface area contributed by atoms with Gasteiger partial charge >= 0.3 is 5.69 Å². The number of furan rings is 1. The fourth-order valence-electron chi connectivity index (χ4n) is 4.01. The Morgan fingerprint density at radius 2 is 1.97 bits per heavy atom. The van der Waals surface area contributed by atoms with E-state index >= 15 is 0 Å². The quantitative estimate of drug-likeness (QED) is 0.580. The minimum Gasteiger partial charge on any atom is -0.461 e. The Balaban J connectivity index is 1.41. The van der Waals surface area contributed by atoms with Crippen LogP contribution < -0.4 is 11.0 Å². The third-order valence-corrected chi connectivity index (χ3v) is 5.57. The molecule has 146 valence electrons. The first-order valence-corrected chi connectivity index (χ1v) is 10.2. The van der Waals surface area contributed by atoms with E-state index in [4.69, 9.17) is 4.42 Å². The lowest BCUT2D eigenvalue weighted by Crippen LogP contribution is -2.22. The van der Waals surface area contributed by atoms with E-state index in [-0.39, 0.29) is 5.69 Å². The van der Waals surface area contributed by atoms with E-state index in [2.05, 4.69) is 28.5 Å². The van der Waals surface area contributed by atoms with Gasteiger partial charge in [0.15, 0.2) is 0 Å². The van der Waals surface area contributed by atoms with Crippen molar-refractivity contribution in [2.75, 3.05) is 6.54 Å². The number of benzene rings is 2.